The number of furan rings is 1. The number of unbranched alkanes of at least 4 members (excludes halogenated alkanes) is 4. The number of benzene rings is 1. The van der Waals surface area contributed by atoms with Crippen molar-refractivity contribution in [3.63, 3.8) is 0 Å². The smallest absolute Gasteiger partial charge is 0.167 e. The Hall–Kier alpha value is -1.57. The van der Waals surface area contributed by atoms with Gasteiger partial charge in [-0.2, -0.15) is 0 Å². The molecule has 1 heterocycles. The van der Waals surface area contributed by atoms with Crippen molar-refractivity contribution in [3.05, 3.63) is 35.6 Å². The van der Waals surface area contributed by atoms with Crippen LogP contribution in [0.1, 0.15) is 68.5 Å². The van der Waals surface area contributed by atoms with Gasteiger partial charge in [0.2, 0.25) is 0 Å². The number of fused-ring (bicyclic) bond motifs is 1. The number of aryl methyl sites for hydroxylation is 1. The fourth-order valence-electron chi connectivity index (χ4n) is 2.66. The third-order valence-electron chi connectivity index (χ3n) is 3.78. The standard InChI is InChI=1S/C18H24O2/c1-3-5-6-7-8-12-15(19)18-14-11-9-10-13-17(14)20-16(18)4-2/h9-11,13H,3-8,12H2,1-2H3. The normalized spacial score (nSPS) is 11.1. The van der Waals surface area contributed by atoms with Crippen molar-refractivity contribution >= 4 is 16.8 Å². The molecule has 108 valence electrons. The summed E-state index contributed by atoms with van der Waals surface area (Å²) in [7, 11) is 0. The predicted octanol–water partition coefficient (Wildman–Crippen LogP) is 5.54. The molecule has 0 amide bonds. The molecular weight excluding hydrogens is 248 g/mol. The van der Waals surface area contributed by atoms with Gasteiger partial charge in [-0.25, -0.2) is 0 Å². The summed E-state index contributed by atoms with van der Waals surface area (Å²) in [4.78, 5) is 12.5. The SMILES string of the molecule is CCCCCCCC(=O)c1c(CC)oc2ccccc12. The zero-order valence-corrected chi connectivity index (χ0v) is 12.6. The van der Waals surface area contributed by atoms with Gasteiger partial charge in [-0.15, -0.1) is 0 Å². The van der Waals surface area contributed by atoms with Crippen molar-refractivity contribution in [1.29, 1.82) is 0 Å². The largest absolute Gasteiger partial charge is 0.460 e. The molecule has 2 heteroatoms. The number of ketones is 1. The molecule has 0 saturated carbocycles. The molecule has 0 bridgehead atoms. The van der Waals surface area contributed by atoms with Crippen molar-refractivity contribution in [1.82, 2.24) is 0 Å². The first-order chi connectivity index (χ1) is 9.77. The van der Waals surface area contributed by atoms with Gasteiger partial charge in [0.15, 0.2) is 5.78 Å². The van der Waals surface area contributed by atoms with Crippen molar-refractivity contribution in [3.8, 4) is 0 Å². The van der Waals surface area contributed by atoms with Crippen LogP contribution in [-0.2, 0) is 6.42 Å². The van der Waals surface area contributed by atoms with Crippen LogP contribution in [0.15, 0.2) is 28.7 Å². The molecule has 0 spiro atoms. The Bertz CT molecular complexity index is 566. The van der Waals surface area contributed by atoms with Gasteiger partial charge in [0.25, 0.3) is 0 Å². The number of Topliss-reactive ketones (excluding diaryl/α,β-unsaturated/α-hetero) is 1. The molecular formula is C18H24O2. The van der Waals surface area contributed by atoms with Crippen LogP contribution in [0.4, 0.5) is 0 Å². The van der Waals surface area contributed by atoms with Gasteiger partial charge in [0.1, 0.15) is 11.3 Å². The number of hydrogen-bond acceptors (Lipinski definition) is 2. The molecule has 0 N–H and O–H groups in total. The van der Waals surface area contributed by atoms with Gasteiger partial charge < -0.3 is 4.42 Å². The molecule has 0 atom stereocenters. The second-order valence-corrected chi connectivity index (χ2v) is 5.34. The van der Waals surface area contributed by atoms with Gasteiger partial charge in [0.05, 0.1) is 5.56 Å². The summed E-state index contributed by atoms with van der Waals surface area (Å²) >= 11 is 0. The third kappa shape index (κ3) is 3.30. The van der Waals surface area contributed by atoms with E-state index in [-0.39, 0.29) is 5.78 Å². The highest BCUT2D eigenvalue weighted by Gasteiger charge is 2.18. The topological polar surface area (TPSA) is 30.2 Å². The maximum absolute atomic E-state index is 12.5. The van der Waals surface area contributed by atoms with Crippen LogP contribution in [0.25, 0.3) is 11.0 Å². The Labute approximate surface area is 121 Å². The van der Waals surface area contributed by atoms with Crippen LogP contribution in [0.2, 0.25) is 0 Å². The molecule has 20 heavy (non-hydrogen) atoms. The van der Waals surface area contributed by atoms with Crippen LogP contribution in [0.5, 0.6) is 0 Å². The molecule has 0 radical (unpaired) electrons. The zero-order chi connectivity index (χ0) is 14.4. The number of para-hydroxylation sites is 1. The average molecular weight is 272 g/mol. The summed E-state index contributed by atoms with van der Waals surface area (Å²) in [5.41, 5.74) is 1.65. The molecule has 2 aromatic rings. The Balaban J connectivity index is 2.09. The maximum Gasteiger partial charge on any atom is 0.167 e. The number of carbonyl (C=O) groups is 1. The molecule has 0 aliphatic carbocycles. The number of rotatable bonds is 8. The van der Waals surface area contributed by atoms with E-state index in [9.17, 15) is 4.79 Å². The van der Waals surface area contributed by atoms with Crippen molar-refractivity contribution in [2.45, 2.75) is 58.8 Å². The monoisotopic (exact) mass is 272 g/mol. The molecule has 0 fully saturated rings. The molecule has 0 saturated heterocycles. The number of hydrogen-bond donors (Lipinski definition) is 0. The first-order valence-electron chi connectivity index (χ1n) is 7.81. The van der Waals surface area contributed by atoms with Crippen LogP contribution in [0, 0.1) is 0 Å². The van der Waals surface area contributed by atoms with Gasteiger partial charge in [-0.3, -0.25) is 4.79 Å². The van der Waals surface area contributed by atoms with E-state index >= 15 is 0 Å². The summed E-state index contributed by atoms with van der Waals surface area (Å²) < 4.78 is 5.79. The lowest BCUT2D eigenvalue weighted by molar-refractivity contribution is 0.0978. The third-order valence-corrected chi connectivity index (χ3v) is 3.78. The van der Waals surface area contributed by atoms with Gasteiger partial charge in [0, 0.05) is 18.2 Å². The van der Waals surface area contributed by atoms with E-state index in [0.29, 0.717) is 6.42 Å². The van der Waals surface area contributed by atoms with E-state index in [0.717, 1.165) is 41.6 Å². The van der Waals surface area contributed by atoms with Crippen LogP contribution >= 0.6 is 0 Å². The highest BCUT2D eigenvalue weighted by Crippen LogP contribution is 2.28. The maximum atomic E-state index is 12.5. The summed E-state index contributed by atoms with van der Waals surface area (Å²) in [6.45, 7) is 4.24. The van der Waals surface area contributed by atoms with E-state index < -0.39 is 0 Å². The molecule has 2 nitrogen and oxygen atoms in total. The molecule has 0 unspecified atom stereocenters. The fourth-order valence-corrected chi connectivity index (χ4v) is 2.66. The fraction of sp³-hybridized carbons (Fsp3) is 0.500. The average Bonchev–Trinajstić information content (AvgIpc) is 2.85. The van der Waals surface area contributed by atoms with E-state index in [1.54, 1.807) is 0 Å². The highest BCUT2D eigenvalue weighted by atomic mass is 16.3. The van der Waals surface area contributed by atoms with Gasteiger partial charge in [-0.05, 0) is 12.5 Å². The summed E-state index contributed by atoms with van der Waals surface area (Å²) in [5.74, 6) is 1.08. The predicted molar refractivity (Wildman–Crippen MR) is 83.3 cm³/mol. The Kier molecular flexibility index (Phi) is 5.40. The Morgan fingerprint density at radius 2 is 1.80 bits per heavy atom. The first kappa shape index (κ1) is 14.8. The van der Waals surface area contributed by atoms with Crippen LogP contribution < -0.4 is 0 Å². The summed E-state index contributed by atoms with van der Waals surface area (Å²) in [5, 5.41) is 0.975. The Morgan fingerprint density at radius 3 is 2.55 bits per heavy atom. The Morgan fingerprint density at radius 1 is 1.05 bits per heavy atom. The van der Waals surface area contributed by atoms with Crippen molar-refractivity contribution < 1.29 is 9.21 Å². The van der Waals surface area contributed by atoms with Crippen LogP contribution in [0.3, 0.4) is 0 Å². The van der Waals surface area contributed by atoms with Crippen molar-refractivity contribution in [2.24, 2.45) is 0 Å². The molecule has 1 aromatic heterocycles. The molecule has 1 aromatic carbocycles. The van der Waals surface area contributed by atoms with Crippen LogP contribution in [-0.4, -0.2) is 5.78 Å². The lowest BCUT2D eigenvalue weighted by Crippen LogP contribution is -2.01. The lowest BCUT2D eigenvalue weighted by Gasteiger charge is -2.02. The molecule has 2 rings (SSSR count). The second-order valence-electron chi connectivity index (χ2n) is 5.34. The van der Waals surface area contributed by atoms with Gasteiger partial charge in [-0.1, -0.05) is 57.7 Å². The second kappa shape index (κ2) is 7.28. The summed E-state index contributed by atoms with van der Waals surface area (Å²) in [6.07, 6.45) is 7.28. The quantitative estimate of drug-likeness (QED) is 0.466. The number of carbonyl (C=O) groups excluding carboxylic acids is 1. The van der Waals surface area contributed by atoms with Gasteiger partial charge >= 0.3 is 0 Å². The summed E-state index contributed by atoms with van der Waals surface area (Å²) in [6, 6.07) is 7.84. The lowest BCUT2D eigenvalue weighted by atomic mass is 10.00. The minimum Gasteiger partial charge on any atom is -0.460 e. The zero-order valence-electron chi connectivity index (χ0n) is 12.6. The van der Waals surface area contributed by atoms with E-state index in [4.69, 9.17) is 4.42 Å². The van der Waals surface area contributed by atoms with Crippen molar-refractivity contribution in [2.75, 3.05) is 0 Å². The minimum absolute atomic E-state index is 0.239. The minimum atomic E-state index is 0.239. The van der Waals surface area contributed by atoms with E-state index in [1.807, 2.05) is 31.2 Å². The highest BCUT2D eigenvalue weighted by molar-refractivity contribution is 6.08. The molecule has 0 aliphatic heterocycles. The van der Waals surface area contributed by atoms with E-state index in [2.05, 4.69) is 6.92 Å². The first-order valence-corrected chi connectivity index (χ1v) is 7.81. The molecule has 0 aliphatic rings. The van der Waals surface area contributed by atoms with E-state index in [1.165, 1.54) is 19.3 Å².